The molecule has 1 nitrogen and oxygen atoms in total. The van der Waals surface area contributed by atoms with Crippen LogP contribution in [0.5, 0.6) is 5.75 Å². The summed E-state index contributed by atoms with van der Waals surface area (Å²) in [5.74, 6) is 7.04. The predicted octanol–water partition coefficient (Wildman–Crippen LogP) is 2.77. The monoisotopic (exact) mass is 174 g/mol. The van der Waals surface area contributed by atoms with E-state index in [1.807, 2.05) is 32.0 Å². The lowest BCUT2D eigenvalue weighted by Crippen LogP contribution is -1.87. The van der Waals surface area contributed by atoms with Gasteiger partial charge in [0.15, 0.2) is 0 Å². The summed E-state index contributed by atoms with van der Waals surface area (Å²) in [5, 5.41) is 0. The van der Waals surface area contributed by atoms with Crippen molar-refractivity contribution in [3.05, 3.63) is 29.3 Å². The lowest BCUT2D eigenvalue weighted by molar-refractivity contribution is 0.411. The van der Waals surface area contributed by atoms with E-state index < -0.39 is 0 Å². The quantitative estimate of drug-likeness (QED) is 0.595. The summed E-state index contributed by atoms with van der Waals surface area (Å²) in [6.45, 7) is 4.07. The Morgan fingerprint density at radius 1 is 1.38 bits per heavy atom. The number of aryl methyl sites for hydroxylation is 1. The van der Waals surface area contributed by atoms with Gasteiger partial charge in [-0.2, -0.15) is 0 Å². The van der Waals surface area contributed by atoms with Gasteiger partial charge in [0.1, 0.15) is 5.75 Å². The zero-order chi connectivity index (χ0) is 9.68. The summed E-state index contributed by atoms with van der Waals surface area (Å²) in [4.78, 5) is 0. The van der Waals surface area contributed by atoms with E-state index in [0.717, 1.165) is 23.3 Å². The topological polar surface area (TPSA) is 9.23 Å². The Balaban J connectivity index is 2.96. The summed E-state index contributed by atoms with van der Waals surface area (Å²) in [6, 6.07) is 5.98. The SMILES string of the molecule is CCC#Cc1ccc(OC)c(C)c1. The molecule has 0 unspecified atom stereocenters. The number of methoxy groups -OCH3 is 1. The van der Waals surface area contributed by atoms with Crippen molar-refractivity contribution in [2.75, 3.05) is 7.11 Å². The molecule has 1 rings (SSSR count). The van der Waals surface area contributed by atoms with Gasteiger partial charge in [-0.3, -0.25) is 0 Å². The second kappa shape index (κ2) is 4.57. The van der Waals surface area contributed by atoms with Gasteiger partial charge in [0, 0.05) is 12.0 Å². The first kappa shape index (κ1) is 9.67. The van der Waals surface area contributed by atoms with Crippen LogP contribution in [-0.4, -0.2) is 7.11 Å². The number of ether oxygens (including phenoxy) is 1. The largest absolute Gasteiger partial charge is 0.496 e. The lowest BCUT2D eigenvalue weighted by Gasteiger charge is -2.03. The maximum Gasteiger partial charge on any atom is 0.121 e. The maximum atomic E-state index is 5.16. The van der Waals surface area contributed by atoms with E-state index in [1.54, 1.807) is 7.11 Å². The number of benzene rings is 1. The highest BCUT2D eigenvalue weighted by molar-refractivity contribution is 5.43. The molecule has 0 bridgehead atoms. The van der Waals surface area contributed by atoms with Crippen LogP contribution in [0, 0.1) is 18.8 Å². The van der Waals surface area contributed by atoms with Gasteiger partial charge < -0.3 is 4.74 Å². The fourth-order valence-corrected chi connectivity index (χ4v) is 1.15. The van der Waals surface area contributed by atoms with E-state index in [9.17, 15) is 0 Å². The van der Waals surface area contributed by atoms with Crippen LogP contribution in [0.2, 0.25) is 0 Å². The standard InChI is InChI=1S/C12H14O/c1-4-5-6-11-7-8-12(13-3)10(2)9-11/h7-9H,4H2,1-3H3. The van der Waals surface area contributed by atoms with Gasteiger partial charge >= 0.3 is 0 Å². The Morgan fingerprint density at radius 2 is 2.15 bits per heavy atom. The Bertz CT molecular complexity index is 342. The average Bonchev–Trinajstić information content (AvgIpc) is 2.15. The van der Waals surface area contributed by atoms with Crippen LogP contribution in [0.3, 0.4) is 0 Å². The van der Waals surface area contributed by atoms with E-state index in [4.69, 9.17) is 4.74 Å². The molecule has 0 spiro atoms. The molecule has 0 radical (unpaired) electrons. The van der Waals surface area contributed by atoms with E-state index in [2.05, 4.69) is 11.8 Å². The van der Waals surface area contributed by atoms with Crippen LogP contribution in [0.15, 0.2) is 18.2 Å². The fraction of sp³-hybridized carbons (Fsp3) is 0.333. The van der Waals surface area contributed by atoms with E-state index in [-0.39, 0.29) is 0 Å². The van der Waals surface area contributed by atoms with Gasteiger partial charge in [-0.1, -0.05) is 18.8 Å². The third-order valence-electron chi connectivity index (χ3n) is 1.80. The van der Waals surface area contributed by atoms with Gasteiger partial charge in [0.25, 0.3) is 0 Å². The molecule has 0 aliphatic heterocycles. The first-order valence-corrected chi connectivity index (χ1v) is 4.41. The highest BCUT2D eigenvalue weighted by atomic mass is 16.5. The second-order valence-corrected chi connectivity index (χ2v) is 2.84. The summed E-state index contributed by atoms with van der Waals surface area (Å²) in [6.07, 6.45) is 0.894. The van der Waals surface area contributed by atoms with Crippen molar-refractivity contribution in [2.45, 2.75) is 20.3 Å². The average molecular weight is 174 g/mol. The van der Waals surface area contributed by atoms with Crippen molar-refractivity contribution in [3.8, 4) is 17.6 Å². The smallest absolute Gasteiger partial charge is 0.121 e. The molecule has 1 heteroatoms. The third kappa shape index (κ3) is 2.52. The highest BCUT2D eigenvalue weighted by Crippen LogP contribution is 2.17. The fourth-order valence-electron chi connectivity index (χ4n) is 1.15. The zero-order valence-corrected chi connectivity index (χ0v) is 8.35. The summed E-state index contributed by atoms with van der Waals surface area (Å²) in [7, 11) is 1.68. The molecule has 0 atom stereocenters. The van der Waals surface area contributed by atoms with Crippen molar-refractivity contribution < 1.29 is 4.74 Å². The van der Waals surface area contributed by atoms with Gasteiger partial charge in [0.05, 0.1) is 7.11 Å². The van der Waals surface area contributed by atoms with Crippen LogP contribution < -0.4 is 4.74 Å². The van der Waals surface area contributed by atoms with Gasteiger partial charge in [-0.05, 0) is 30.7 Å². The van der Waals surface area contributed by atoms with Crippen molar-refractivity contribution in [1.29, 1.82) is 0 Å². The van der Waals surface area contributed by atoms with Crippen LogP contribution in [0.1, 0.15) is 24.5 Å². The first-order valence-electron chi connectivity index (χ1n) is 4.41. The van der Waals surface area contributed by atoms with Crippen LogP contribution in [-0.2, 0) is 0 Å². The van der Waals surface area contributed by atoms with E-state index in [1.165, 1.54) is 0 Å². The molecule has 0 amide bonds. The number of hydrogen-bond donors (Lipinski definition) is 0. The summed E-state index contributed by atoms with van der Waals surface area (Å²) >= 11 is 0. The molecule has 1 aromatic rings. The van der Waals surface area contributed by atoms with Crippen molar-refractivity contribution in [3.63, 3.8) is 0 Å². The minimum Gasteiger partial charge on any atom is -0.496 e. The molecule has 0 heterocycles. The third-order valence-corrected chi connectivity index (χ3v) is 1.80. The summed E-state index contributed by atoms with van der Waals surface area (Å²) < 4.78 is 5.16. The molecule has 13 heavy (non-hydrogen) atoms. The molecule has 1 aromatic carbocycles. The minimum atomic E-state index is 0.894. The first-order chi connectivity index (χ1) is 6.27. The Labute approximate surface area is 79.7 Å². The molecule has 0 saturated heterocycles. The van der Waals surface area contributed by atoms with Crippen LogP contribution >= 0.6 is 0 Å². The lowest BCUT2D eigenvalue weighted by atomic mass is 10.1. The number of hydrogen-bond acceptors (Lipinski definition) is 1. The molecule has 0 saturated carbocycles. The van der Waals surface area contributed by atoms with Crippen molar-refractivity contribution in [1.82, 2.24) is 0 Å². The Kier molecular flexibility index (Phi) is 3.40. The molecule has 0 aliphatic rings. The Morgan fingerprint density at radius 3 is 2.69 bits per heavy atom. The number of rotatable bonds is 1. The molecular weight excluding hydrogens is 160 g/mol. The molecular formula is C12H14O. The van der Waals surface area contributed by atoms with Crippen LogP contribution in [0.25, 0.3) is 0 Å². The van der Waals surface area contributed by atoms with Crippen molar-refractivity contribution in [2.24, 2.45) is 0 Å². The van der Waals surface area contributed by atoms with Gasteiger partial charge in [-0.15, -0.1) is 0 Å². The maximum absolute atomic E-state index is 5.16. The highest BCUT2D eigenvalue weighted by Gasteiger charge is 1.96. The van der Waals surface area contributed by atoms with E-state index in [0.29, 0.717) is 0 Å². The molecule has 0 aliphatic carbocycles. The van der Waals surface area contributed by atoms with Gasteiger partial charge in [-0.25, -0.2) is 0 Å². The van der Waals surface area contributed by atoms with E-state index >= 15 is 0 Å². The van der Waals surface area contributed by atoms with Crippen molar-refractivity contribution >= 4 is 0 Å². The molecule has 0 N–H and O–H groups in total. The molecule has 68 valence electrons. The molecule has 0 aromatic heterocycles. The van der Waals surface area contributed by atoms with Crippen LogP contribution in [0.4, 0.5) is 0 Å². The second-order valence-electron chi connectivity index (χ2n) is 2.84. The predicted molar refractivity (Wildman–Crippen MR) is 54.9 cm³/mol. The zero-order valence-electron chi connectivity index (χ0n) is 8.35. The minimum absolute atomic E-state index is 0.894. The molecule has 0 fully saturated rings. The van der Waals surface area contributed by atoms with Gasteiger partial charge in [0.2, 0.25) is 0 Å². The summed E-state index contributed by atoms with van der Waals surface area (Å²) in [5.41, 5.74) is 2.19. The Hall–Kier alpha value is -1.42. The normalized spacial score (nSPS) is 8.85.